The number of hydrogen-bond donors (Lipinski definition) is 0. The zero-order valence-corrected chi connectivity index (χ0v) is 34.6. The van der Waals surface area contributed by atoms with Gasteiger partial charge in [0.05, 0.1) is 50.8 Å². The normalized spacial score (nSPS) is 17.5. The molecule has 0 saturated carbocycles. The summed E-state index contributed by atoms with van der Waals surface area (Å²) in [4.78, 5) is 60.6. The molecule has 2 aliphatic rings. The highest BCUT2D eigenvalue weighted by Gasteiger charge is 2.51. The fourth-order valence-corrected chi connectivity index (χ4v) is 6.48. The van der Waals surface area contributed by atoms with E-state index in [1.54, 1.807) is 66.7 Å². The molecule has 0 bridgehead atoms. The molecule has 4 aromatic carbocycles. The first-order valence-electron chi connectivity index (χ1n) is 20.5. The molecule has 0 spiro atoms. The molecular formula is C49H48O14. The summed E-state index contributed by atoms with van der Waals surface area (Å²) in [7, 11) is 0. The van der Waals surface area contributed by atoms with Gasteiger partial charge < -0.3 is 42.6 Å². The van der Waals surface area contributed by atoms with Gasteiger partial charge in [-0.2, -0.15) is 0 Å². The summed E-state index contributed by atoms with van der Waals surface area (Å²) < 4.78 is 49.9. The number of fused-ring (bicyclic) bond motifs is 1. The van der Waals surface area contributed by atoms with Crippen LogP contribution in [0.15, 0.2) is 128 Å². The molecule has 14 nitrogen and oxygen atoms in total. The van der Waals surface area contributed by atoms with E-state index in [0.717, 1.165) is 28.8 Å². The Labute approximate surface area is 364 Å². The Bertz CT molecular complexity index is 2210. The summed E-state index contributed by atoms with van der Waals surface area (Å²) in [6.07, 6.45) is 5.41. The average Bonchev–Trinajstić information content (AvgIpc) is 3.91. The first-order valence-corrected chi connectivity index (χ1v) is 20.5. The summed E-state index contributed by atoms with van der Waals surface area (Å²) >= 11 is 0. The van der Waals surface area contributed by atoms with Crippen LogP contribution in [0.1, 0.15) is 52.0 Å². The summed E-state index contributed by atoms with van der Waals surface area (Å²) in [6, 6.07) is 27.9. The monoisotopic (exact) mass is 860 g/mol. The van der Waals surface area contributed by atoms with Crippen LogP contribution in [0.5, 0.6) is 17.2 Å². The zero-order chi connectivity index (χ0) is 44.4. The minimum absolute atomic E-state index is 0.0992. The second-order valence-electron chi connectivity index (χ2n) is 14.3. The molecule has 4 aromatic rings. The van der Waals surface area contributed by atoms with Crippen molar-refractivity contribution in [1.82, 2.24) is 0 Å². The Morgan fingerprint density at radius 3 is 1.48 bits per heavy atom. The van der Waals surface area contributed by atoms with E-state index in [1.165, 1.54) is 6.08 Å². The molecule has 0 aromatic heterocycles. The molecule has 0 N–H and O–H groups in total. The van der Waals surface area contributed by atoms with Gasteiger partial charge in [0.25, 0.3) is 0 Å². The number of hydrogen-bond acceptors (Lipinski definition) is 14. The Morgan fingerprint density at radius 1 is 0.524 bits per heavy atom. The third-order valence-corrected chi connectivity index (χ3v) is 9.83. The number of ether oxygens (including phenoxy) is 9. The second-order valence-corrected chi connectivity index (χ2v) is 14.3. The van der Waals surface area contributed by atoms with Crippen LogP contribution < -0.4 is 14.2 Å². The molecule has 0 aliphatic carbocycles. The van der Waals surface area contributed by atoms with Gasteiger partial charge in [-0.15, -0.1) is 0 Å². The molecule has 4 atom stereocenters. The van der Waals surface area contributed by atoms with Gasteiger partial charge >= 0.3 is 29.8 Å². The molecule has 63 heavy (non-hydrogen) atoms. The first kappa shape index (κ1) is 45.5. The van der Waals surface area contributed by atoms with Gasteiger partial charge in [-0.3, -0.25) is 0 Å². The van der Waals surface area contributed by atoms with Crippen LogP contribution in [0.4, 0.5) is 0 Å². The van der Waals surface area contributed by atoms with Crippen molar-refractivity contribution in [3.05, 3.63) is 145 Å². The summed E-state index contributed by atoms with van der Waals surface area (Å²) in [6.45, 7) is 8.35. The van der Waals surface area contributed by atoms with Crippen molar-refractivity contribution < 1.29 is 66.6 Å². The van der Waals surface area contributed by atoms with E-state index in [0.29, 0.717) is 73.9 Å². The topological polar surface area (TPSA) is 168 Å². The Morgan fingerprint density at radius 2 is 0.968 bits per heavy atom. The van der Waals surface area contributed by atoms with E-state index in [9.17, 15) is 24.0 Å². The van der Waals surface area contributed by atoms with Crippen LogP contribution >= 0.6 is 0 Å². The van der Waals surface area contributed by atoms with Crippen LogP contribution in [0.25, 0.3) is 17.2 Å². The molecule has 0 amide bonds. The van der Waals surface area contributed by atoms with Gasteiger partial charge in [-0.05, 0) is 109 Å². The van der Waals surface area contributed by atoms with Gasteiger partial charge in [0, 0.05) is 18.2 Å². The SMILES string of the molecule is C=CC(=O)OCCCCOc1ccc(C(=O)Oc2ccc(-c3ccc(/C=C/C(=O)O[C@H]4CO[C@H]5[C@@H]4OC[C@H]5OC(=O)c4ccc(OCCCCOC(=O)C=C)cc4)cc3)cc2)cc1. The smallest absolute Gasteiger partial charge is 0.343 e. The second kappa shape index (κ2) is 23.3. The van der Waals surface area contributed by atoms with E-state index in [-0.39, 0.29) is 19.8 Å². The van der Waals surface area contributed by atoms with E-state index in [1.807, 2.05) is 36.4 Å². The minimum atomic E-state index is -0.672. The number of carbonyl (C=O) groups excluding carboxylic acids is 5. The predicted octanol–water partition coefficient (Wildman–Crippen LogP) is 7.30. The highest BCUT2D eigenvalue weighted by Crippen LogP contribution is 2.32. The standard InChI is InChI=1S/C49H48O14/c1-3-43(50)57-29-7-5-27-55-38-20-16-36(17-21-38)48(53)61-40-24-14-35(15-25-40)34-12-9-33(10-13-34)11-26-45(52)62-41-31-59-47-42(32-60-46(41)47)63-49(54)37-18-22-39(23-19-37)56-28-6-8-30-58-44(51)4-2/h3-4,9-26,41-42,46-47H,1-2,5-8,27-32H2/b26-11+/t41-,42+,46+,47+/m0/s1. The number of carbonyl (C=O) groups is 5. The maximum Gasteiger partial charge on any atom is 0.343 e. The van der Waals surface area contributed by atoms with Crippen molar-refractivity contribution >= 4 is 35.9 Å². The fourth-order valence-electron chi connectivity index (χ4n) is 6.48. The van der Waals surface area contributed by atoms with E-state index < -0.39 is 54.3 Å². The Kier molecular flexibility index (Phi) is 16.8. The van der Waals surface area contributed by atoms with Crippen LogP contribution in [-0.4, -0.2) is 93.9 Å². The lowest BCUT2D eigenvalue weighted by Gasteiger charge is -2.17. The molecule has 14 heteroatoms. The fraction of sp³-hybridized carbons (Fsp3) is 0.286. The lowest BCUT2D eigenvalue weighted by atomic mass is 10.0. The van der Waals surface area contributed by atoms with Crippen molar-refractivity contribution in [2.75, 3.05) is 39.6 Å². The largest absolute Gasteiger partial charge is 0.494 e. The van der Waals surface area contributed by atoms with Gasteiger partial charge in [0.1, 0.15) is 29.5 Å². The maximum absolute atomic E-state index is 12.9. The third-order valence-electron chi connectivity index (χ3n) is 9.83. The molecule has 0 radical (unpaired) electrons. The summed E-state index contributed by atoms with van der Waals surface area (Å²) in [5, 5.41) is 0. The molecule has 328 valence electrons. The highest BCUT2D eigenvalue weighted by atomic mass is 16.7. The van der Waals surface area contributed by atoms with E-state index >= 15 is 0 Å². The molecule has 2 aliphatic heterocycles. The Hall–Kier alpha value is -7.03. The van der Waals surface area contributed by atoms with Crippen molar-refractivity contribution in [1.29, 1.82) is 0 Å². The first-order chi connectivity index (χ1) is 30.7. The third kappa shape index (κ3) is 13.7. The maximum atomic E-state index is 12.9. The lowest BCUT2D eigenvalue weighted by molar-refractivity contribution is -0.147. The molecule has 6 rings (SSSR count). The number of benzene rings is 4. The quantitative estimate of drug-likeness (QED) is 0.0254. The van der Waals surface area contributed by atoms with Crippen LogP contribution in [0.3, 0.4) is 0 Å². The summed E-state index contributed by atoms with van der Waals surface area (Å²) in [5.74, 6) is -0.935. The van der Waals surface area contributed by atoms with Gasteiger partial charge in [-0.1, -0.05) is 49.6 Å². The highest BCUT2D eigenvalue weighted by molar-refractivity contribution is 5.91. The molecular weight excluding hydrogens is 813 g/mol. The molecule has 2 heterocycles. The Balaban J connectivity index is 0.886. The minimum Gasteiger partial charge on any atom is -0.494 e. The van der Waals surface area contributed by atoms with Gasteiger partial charge in [0.15, 0.2) is 12.2 Å². The zero-order valence-electron chi connectivity index (χ0n) is 34.6. The van der Waals surface area contributed by atoms with Crippen molar-refractivity contribution in [3.8, 4) is 28.4 Å². The lowest BCUT2D eigenvalue weighted by Crippen LogP contribution is -2.35. The van der Waals surface area contributed by atoms with Crippen molar-refractivity contribution in [3.63, 3.8) is 0 Å². The predicted molar refractivity (Wildman–Crippen MR) is 229 cm³/mol. The van der Waals surface area contributed by atoms with Gasteiger partial charge in [0.2, 0.25) is 0 Å². The van der Waals surface area contributed by atoms with E-state index in [4.69, 9.17) is 42.6 Å². The van der Waals surface area contributed by atoms with Gasteiger partial charge in [-0.25, -0.2) is 24.0 Å². The number of unbranched alkanes of at least 4 members (excludes halogenated alkanes) is 2. The number of rotatable bonds is 22. The van der Waals surface area contributed by atoms with Crippen LogP contribution in [-0.2, 0) is 42.8 Å². The molecule has 2 saturated heterocycles. The average molecular weight is 861 g/mol. The molecule has 0 unspecified atom stereocenters. The van der Waals surface area contributed by atoms with Crippen LogP contribution in [0, 0.1) is 0 Å². The van der Waals surface area contributed by atoms with Crippen molar-refractivity contribution in [2.24, 2.45) is 0 Å². The van der Waals surface area contributed by atoms with Crippen molar-refractivity contribution in [2.45, 2.75) is 50.1 Å². The number of esters is 5. The van der Waals surface area contributed by atoms with E-state index in [2.05, 4.69) is 13.2 Å². The summed E-state index contributed by atoms with van der Waals surface area (Å²) in [5.41, 5.74) is 3.30. The molecule has 2 fully saturated rings. The van der Waals surface area contributed by atoms with Crippen LogP contribution in [0.2, 0.25) is 0 Å².